The zero-order valence-electron chi connectivity index (χ0n) is 12.8. The second kappa shape index (κ2) is 6.64. The van der Waals surface area contributed by atoms with Gasteiger partial charge in [0.15, 0.2) is 0 Å². The maximum absolute atomic E-state index is 12.2. The fourth-order valence-electron chi connectivity index (χ4n) is 2.98. The normalized spacial score (nSPS) is 20.5. The molecule has 0 unspecified atom stereocenters. The molecule has 0 saturated carbocycles. The number of carbonyl (C=O) groups excluding carboxylic acids is 2. The van der Waals surface area contributed by atoms with Gasteiger partial charge in [-0.05, 0) is 25.0 Å². The quantitative estimate of drug-likeness (QED) is 0.817. The first kappa shape index (κ1) is 15.3. The summed E-state index contributed by atoms with van der Waals surface area (Å²) in [6.45, 7) is 0.552. The third-order valence-electron chi connectivity index (χ3n) is 4.25. The van der Waals surface area contributed by atoms with Crippen molar-refractivity contribution in [1.82, 2.24) is 14.9 Å². The number of amides is 2. The predicted molar refractivity (Wildman–Crippen MR) is 87.3 cm³/mol. The second-order valence-corrected chi connectivity index (χ2v) is 5.80. The van der Waals surface area contributed by atoms with E-state index in [0.29, 0.717) is 25.8 Å². The lowest BCUT2D eigenvalue weighted by atomic mass is 9.88. The van der Waals surface area contributed by atoms with Crippen LogP contribution in [0.25, 0.3) is 11.0 Å². The van der Waals surface area contributed by atoms with E-state index in [9.17, 15) is 9.59 Å². The number of aryl methyl sites for hydroxylation is 1. The van der Waals surface area contributed by atoms with Gasteiger partial charge in [0.25, 0.3) is 0 Å². The summed E-state index contributed by atoms with van der Waals surface area (Å²) in [6.07, 6.45) is 7.24. The molecule has 0 bridgehead atoms. The summed E-state index contributed by atoms with van der Waals surface area (Å²) in [4.78, 5) is 28.0. The van der Waals surface area contributed by atoms with Gasteiger partial charge in [0.2, 0.25) is 11.8 Å². The Hall–Kier alpha value is -2.63. The van der Waals surface area contributed by atoms with Gasteiger partial charge in [0, 0.05) is 19.0 Å². The average molecular weight is 312 g/mol. The highest BCUT2D eigenvalue weighted by Gasteiger charge is 2.28. The SMILES string of the molecule is NC(=O)[C@@H]1CC=CC[C@H]1NC(=O)CCn1cnc2ccccc21. The van der Waals surface area contributed by atoms with Crippen LogP contribution >= 0.6 is 0 Å². The zero-order chi connectivity index (χ0) is 16.2. The van der Waals surface area contributed by atoms with Crippen LogP contribution in [0.5, 0.6) is 0 Å². The Bertz CT molecular complexity index is 750. The third kappa shape index (κ3) is 3.41. The topological polar surface area (TPSA) is 90.0 Å². The molecule has 1 heterocycles. The molecular weight excluding hydrogens is 292 g/mol. The van der Waals surface area contributed by atoms with Crippen LogP contribution in [-0.2, 0) is 16.1 Å². The van der Waals surface area contributed by atoms with Crippen molar-refractivity contribution in [1.29, 1.82) is 0 Å². The number of allylic oxidation sites excluding steroid dienone is 1. The first-order chi connectivity index (χ1) is 11.1. The molecule has 6 nitrogen and oxygen atoms in total. The molecule has 0 fully saturated rings. The fraction of sp³-hybridized carbons (Fsp3) is 0.353. The summed E-state index contributed by atoms with van der Waals surface area (Å²) in [5, 5.41) is 2.94. The van der Waals surface area contributed by atoms with Gasteiger partial charge in [-0.2, -0.15) is 0 Å². The van der Waals surface area contributed by atoms with Crippen molar-refractivity contribution in [3.8, 4) is 0 Å². The first-order valence-electron chi connectivity index (χ1n) is 7.78. The second-order valence-electron chi connectivity index (χ2n) is 5.80. The largest absolute Gasteiger partial charge is 0.369 e. The molecular formula is C17H20N4O2. The van der Waals surface area contributed by atoms with Gasteiger partial charge in [0.05, 0.1) is 23.3 Å². The van der Waals surface area contributed by atoms with Crippen molar-refractivity contribution in [3.63, 3.8) is 0 Å². The molecule has 0 radical (unpaired) electrons. The monoisotopic (exact) mass is 312 g/mol. The van der Waals surface area contributed by atoms with Crippen LogP contribution in [0.15, 0.2) is 42.7 Å². The van der Waals surface area contributed by atoms with Gasteiger partial charge < -0.3 is 15.6 Å². The summed E-state index contributed by atoms with van der Waals surface area (Å²) in [5.74, 6) is -0.757. The van der Waals surface area contributed by atoms with E-state index < -0.39 is 0 Å². The highest BCUT2D eigenvalue weighted by atomic mass is 16.2. The zero-order valence-corrected chi connectivity index (χ0v) is 12.8. The predicted octanol–water partition coefficient (Wildman–Crippen LogP) is 1.36. The summed E-state index contributed by atoms with van der Waals surface area (Å²) in [7, 11) is 0. The Balaban J connectivity index is 1.59. The molecule has 3 N–H and O–H groups in total. The van der Waals surface area contributed by atoms with E-state index in [1.165, 1.54) is 0 Å². The summed E-state index contributed by atoms with van der Waals surface area (Å²) in [5.41, 5.74) is 7.34. The molecule has 6 heteroatoms. The molecule has 120 valence electrons. The van der Waals surface area contributed by atoms with Gasteiger partial charge in [-0.15, -0.1) is 0 Å². The number of imidazole rings is 1. The molecule has 1 aliphatic rings. The molecule has 3 rings (SSSR count). The van der Waals surface area contributed by atoms with E-state index in [1.807, 2.05) is 41.0 Å². The van der Waals surface area contributed by atoms with Crippen molar-refractivity contribution in [3.05, 3.63) is 42.7 Å². The lowest BCUT2D eigenvalue weighted by Gasteiger charge is -2.26. The number of aromatic nitrogens is 2. The Labute approximate surface area is 134 Å². The smallest absolute Gasteiger partial charge is 0.222 e. The minimum absolute atomic E-state index is 0.0747. The molecule has 0 saturated heterocycles. The fourth-order valence-corrected chi connectivity index (χ4v) is 2.98. The lowest BCUT2D eigenvalue weighted by molar-refractivity contribution is -0.125. The van der Waals surface area contributed by atoms with Crippen LogP contribution in [0.4, 0.5) is 0 Å². The Morgan fingerprint density at radius 3 is 2.87 bits per heavy atom. The molecule has 2 aromatic rings. The van der Waals surface area contributed by atoms with Crippen LogP contribution in [0.2, 0.25) is 0 Å². The van der Waals surface area contributed by atoms with E-state index >= 15 is 0 Å². The number of nitrogens with two attached hydrogens (primary N) is 1. The number of nitrogens with one attached hydrogen (secondary N) is 1. The molecule has 0 aliphatic heterocycles. The van der Waals surface area contributed by atoms with Crippen LogP contribution in [0.1, 0.15) is 19.3 Å². The molecule has 1 aromatic carbocycles. The molecule has 2 atom stereocenters. The van der Waals surface area contributed by atoms with E-state index in [2.05, 4.69) is 10.3 Å². The average Bonchev–Trinajstić information content (AvgIpc) is 2.96. The standard InChI is InChI=1S/C17H20N4O2/c18-17(23)12-5-1-2-6-13(12)20-16(22)9-10-21-11-19-14-7-3-4-8-15(14)21/h1-4,7-8,11-13H,5-6,9-10H2,(H2,18,23)(H,20,22)/t12-,13-/m1/s1. The van der Waals surface area contributed by atoms with Crippen molar-refractivity contribution < 1.29 is 9.59 Å². The molecule has 2 amide bonds. The Morgan fingerprint density at radius 2 is 2.04 bits per heavy atom. The van der Waals surface area contributed by atoms with Gasteiger partial charge >= 0.3 is 0 Å². The van der Waals surface area contributed by atoms with Gasteiger partial charge in [-0.3, -0.25) is 9.59 Å². The number of hydrogen-bond acceptors (Lipinski definition) is 3. The van der Waals surface area contributed by atoms with E-state index in [0.717, 1.165) is 11.0 Å². The van der Waals surface area contributed by atoms with Gasteiger partial charge in [0.1, 0.15) is 0 Å². The summed E-state index contributed by atoms with van der Waals surface area (Å²) >= 11 is 0. The van der Waals surface area contributed by atoms with E-state index in [1.54, 1.807) is 6.33 Å². The molecule has 0 spiro atoms. The van der Waals surface area contributed by atoms with Crippen molar-refractivity contribution in [2.75, 3.05) is 0 Å². The maximum atomic E-state index is 12.2. The minimum Gasteiger partial charge on any atom is -0.369 e. The van der Waals surface area contributed by atoms with Gasteiger partial charge in [-0.25, -0.2) is 4.98 Å². The number of carbonyl (C=O) groups is 2. The van der Waals surface area contributed by atoms with Crippen LogP contribution in [0, 0.1) is 5.92 Å². The molecule has 23 heavy (non-hydrogen) atoms. The maximum Gasteiger partial charge on any atom is 0.222 e. The summed E-state index contributed by atoms with van der Waals surface area (Å²) in [6, 6.07) is 7.61. The number of benzene rings is 1. The minimum atomic E-state index is -0.361. The molecule has 1 aliphatic carbocycles. The summed E-state index contributed by atoms with van der Waals surface area (Å²) < 4.78 is 1.96. The highest BCUT2D eigenvalue weighted by molar-refractivity contribution is 5.81. The lowest BCUT2D eigenvalue weighted by Crippen LogP contribution is -2.46. The number of hydrogen-bond donors (Lipinski definition) is 2. The Morgan fingerprint density at radius 1 is 1.26 bits per heavy atom. The van der Waals surface area contributed by atoms with Crippen molar-refractivity contribution >= 4 is 22.8 Å². The first-order valence-corrected chi connectivity index (χ1v) is 7.78. The van der Waals surface area contributed by atoms with Crippen LogP contribution in [0.3, 0.4) is 0 Å². The number of para-hydroxylation sites is 2. The van der Waals surface area contributed by atoms with Gasteiger partial charge in [-0.1, -0.05) is 24.3 Å². The Kier molecular flexibility index (Phi) is 4.41. The van der Waals surface area contributed by atoms with Crippen molar-refractivity contribution in [2.24, 2.45) is 11.7 Å². The number of primary amides is 1. The number of fused-ring (bicyclic) bond motifs is 1. The van der Waals surface area contributed by atoms with E-state index in [-0.39, 0.29) is 23.8 Å². The van der Waals surface area contributed by atoms with E-state index in [4.69, 9.17) is 5.73 Å². The molecule has 1 aromatic heterocycles. The van der Waals surface area contributed by atoms with Crippen LogP contribution in [-0.4, -0.2) is 27.4 Å². The third-order valence-corrected chi connectivity index (χ3v) is 4.25. The van der Waals surface area contributed by atoms with Crippen molar-refractivity contribution in [2.45, 2.75) is 31.8 Å². The number of rotatable bonds is 5. The number of nitrogens with zero attached hydrogens (tertiary/aromatic N) is 2. The van der Waals surface area contributed by atoms with Crippen LogP contribution < -0.4 is 11.1 Å². The highest BCUT2D eigenvalue weighted by Crippen LogP contribution is 2.19.